The van der Waals surface area contributed by atoms with E-state index >= 15 is 0 Å². The van der Waals surface area contributed by atoms with Gasteiger partial charge in [-0.25, -0.2) is 0 Å². The SMILES string of the molecule is CC(=O)N1[C@@H]2CC[C@@H](C2)[C@H]1CC(=O)O. The van der Waals surface area contributed by atoms with Gasteiger partial charge in [-0.2, -0.15) is 0 Å². The molecular weight excluding hydrogens is 182 g/mol. The summed E-state index contributed by atoms with van der Waals surface area (Å²) in [6, 6.07) is 0.283. The van der Waals surface area contributed by atoms with Crippen LogP contribution in [0.15, 0.2) is 0 Å². The van der Waals surface area contributed by atoms with Gasteiger partial charge < -0.3 is 10.0 Å². The topological polar surface area (TPSA) is 57.6 Å². The number of hydrogen-bond donors (Lipinski definition) is 1. The second-order valence-corrected chi connectivity index (χ2v) is 4.32. The van der Waals surface area contributed by atoms with Crippen molar-refractivity contribution in [1.82, 2.24) is 4.90 Å². The Labute approximate surface area is 82.9 Å². The summed E-state index contributed by atoms with van der Waals surface area (Å²) >= 11 is 0. The van der Waals surface area contributed by atoms with Crippen LogP contribution in [-0.4, -0.2) is 34.0 Å². The molecule has 1 amide bonds. The monoisotopic (exact) mass is 197 g/mol. The molecule has 4 heteroatoms. The van der Waals surface area contributed by atoms with Crippen molar-refractivity contribution in [2.24, 2.45) is 5.92 Å². The maximum absolute atomic E-state index is 11.4. The number of carbonyl (C=O) groups is 2. The van der Waals surface area contributed by atoms with Gasteiger partial charge in [0.05, 0.1) is 6.42 Å². The van der Waals surface area contributed by atoms with E-state index in [0.717, 1.165) is 19.3 Å². The number of piperidine rings is 1. The summed E-state index contributed by atoms with van der Waals surface area (Å²) in [6.07, 6.45) is 3.27. The van der Waals surface area contributed by atoms with E-state index in [1.807, 2.05) is 0 Å². The Morgan fingerprint density at radius 2 is 2.14 bits per heavy atom. The molecule has 1 aliphatic carbocycles. The molecule has 0 aromatic carbocycles. The molecule has 2 bridgehead atoms. The lowest BCUT2D eigenvalue weighted by Crippen LogP contribution is -2.44. The molecule has 1 heterocycles. The van der Waals surface area contributed by atoms with Crippen molar-refractivity contribution in [2.45, 2.75) is 44.7 Å². The van der Waals surface area contributed by atoms with Gasteiger partial charge >= 0.3 is 5.97 Å². The molecule has 0 radical (unpaired) electrons. The van der Waals surface area contributed by atoms with Gasteiger partial charge in [-0.05, 0) is 25.2 Å². The summed E-state index contributed by atoms with van der Waals surface area (Å²) in [6.45, 7) is 1.54. The van der Waals surface area contributed by atoms with Crippen molar-refractivity contribution in [1.29, 1.82) is 0 Å². The molecule has 0 aromatic heterocycles. The van der Waals surface area contributed by atoms with Crippen LogP contribution >= 0.6 is 0 Å². The molecule has 2 fully saturated rings. The molecule has 0 spiro atoms. The van der Waals surface area contributed by atoms with Gasteiger partial charge in [-0.3, -0.25) is 9.59 Å². The van der Waals surface area contributed by atoms with E-state index < -0.39 is 5.97 Å². The molecule has 1 aliphatic heterocycles. The molecule has 4 nitrogen and oxygen atoms in total. The summed E-state index contributed by atoms with van der Waals surface area (Å²) in [5, 5.41) is 8.76. The third kappa shape index (κ3) is 1.38. The van der Waals surface area contributed by atoms with Gasteiger partial charge in [0, 0.05) is 19.0 Å². The number of rotatable bonds is 2. The first-order valence-electron chi connectivity index (χ1n) is 5.10. The van der Waals surface area contributed by atoms with E-state index in [4.69, 9.17) is 5.11 Å². The quantitative estimate of drug-likeness (QED) is 0.714. The highest BCUT2D eigenvalue weighted by molar-refractivity contribution is 5.76. The Morgan fingerprint density at radius 3 is 2.71 bits per heavy atom. The fourth-order valence-corrected chi connectivity index (χ4v) is 3.03. The number of hydrogen-bond acceptors (Lipinski definition) is 2. The lowest BCUT2D eigenvalue weighted by atomic mass is 9.96. The van der Waals surface area contributed by atoms with E-state index in [-0.39, 0.29) is 18.4 Å². The predicted molar refractivity (Wildman–Crippen MR) is 49.7 cm³/mol. The van der Waals surface area contributed by atoms with Crippen LogP contribution in [0.4, 0.5) is 0 Å². The first-order chi connectivity index (χ1) is 6.59. The summed E-state index contributed by atoms with van der Waals surface area (Å²) in [7, 11) is 0. The maximum Gasteiger partial charge on any atom is 0.305 e. The van der Waals surface area contributed by atoms with E-state index in [2.05, 4.69) is 0 Å². The zero-order valence-electron chi connectivity index (χ0n) is 8.27. The molecule has 78 valence electrons. The first-order valence-corrected chi connectivity index (χ1v) is 5.10. The molecule has 1 saturated carbocycles. The number of amides is 1. The van der Waals surface area contributed by atoms with Crippen LogP contribution in [-0.2, 0) is 9.59 Å². The van der Waals surface area contributed by atoms with Crippen LogP contribution in [0, 0.1) is 5.92 Å². The second-order valence-electron chi connectivity index (χ2n) is 4.32. The predicted octanol–water partition coefficient (Wildman–Crippen LogP) is 0.861. The third-order valence-electron chi connectivity index (χ3n) is 3.49. The lowest BCUT2D eigenvalue weighted by molar-refractivity contribution is -0.141. The maximum atomic E-state index is 11.4. The van der Waals surface area contributed by atoms with Crippen molar-refractivity contribution < 1.29 is 14.7 Å². The number of fused-ring (bicyclic) bond motifs is 2. The normalized spacial score (nSPS) is 34.9. The van der Waals surface area contributed by atoms with Crippen LogP contribution in [0.3, 0.4) is 0 Å². The zero-order chi connectivity index (χ0) is 10.3. The number of carbonyl (C=O) groups excluding carboxylic acids is 1. The minimum atomic E-state index is -0.797. The first kappa shape index (κ1) is 9.49. The van der Waals surface area contributed by atoms with Crippen molar-refractivity contribution in [3.8, 4) is 0 Å². The van der Waals surface area contributed by atoms with E-state index in [9.17, 15) is 9.59 Å². The zero-order valence-corrected chi connectivity index (χ0v) is 8.27. The van der Waals surface area contributed by atoms with E-state index in [0.29, 0.717) is 12.0 Å². The third-order valence-corrected chi connectivity index (χ3v) is 3.49. The highest BCUT2D eigenvalue weighted by atomic mass is 16.4. The smallest absolute Gasteiger partial charge is 0.305 e. The molecule has 1 N–H and O–H groups in total. The van der Waals surface area contributed by atoms with Crippen LogP contribution < -0.4 is 0 Å². The summed E-state index contributed by atoms with van der Waals surface area (Å²) in [4.78, 5) is 23.8. The van der Waals surface area contributed by atoms with Crippen LogP contribution in [0.1, 0.15) is 32.6 Å². The van der Waals surface area contributed by atoms with Crippen LogP contribution in [0.5, 0.6) is 0 Å². The van der Waals surface area contributed by atoms with Crippen molar-refractivity contribution in [3.63, 3.8) is 0 Å². The fourth-order valence-electron chi connectivity index (χ4n) is 3.03. The average molecular weight is 197 g/mol. The highest BCUT2D eigenvalue weighted by Gasteiger charge is 2.47. The number of aliphatic carboxylic acids is 1. The van der Waals surface area contributed by atoms with Crippen molar-refractivity contribution >= 4 is 11.9 Å². The molecule has 3 atom stereocenters. The van der Waals surface area contributed by atoms with Gasteiger partial charge in [0.15, 0.2) is 0 Å². The summed E-state index contributed by atoms with van der Waals surface area (Å²) in [5.41, 5.74) is 0. The Balaban J connectivity index is 2.13. The van der Waals surface area contributed by atoms with Crippen LogP contribution in [0.25, 0.3) is 0 Å². The molecule has 14 heavy (non-hydrogen) atoms. The lowest BCUT2D eigenvalue weighted by Gasteiger charge is -2.33. The highest BCUT2D eigenvalue weighted by Crippen LogP contribution is 2.43. The number of carboxylic acid groups (broad SMARTS) is 1. The van der Waals surface area contributed by atoms with E-state index in [1.165, 1.54) is 6.92 Å². The summed E-state index contributed by atoms with van der Waals surface area (Å²) in [5.74, 6) is -0.336. The fraction of sp³-hybridized carbons (Fsp3) is 0.800. The van der Waals surface area contributed by atoms with Gasteiger partial charge in [0.2, 0.25) is 5.91 Å². The molecular formula is C10H15NO3. The van der Waals surface area contributed by atoms with Crippen molar-refractivity contribution in [2.75, 3.05) is 0 Å². The molecule has 1 saturated heterocycles. The van der Waals surface area contributed by atoms with Crippen LogP contribution in [0.2, 0.25) is 0 Å². The average Bonchev–Trinajstić information content (AvgIpc) is 2.61. The Hall–Kier alpha value is -1.06. The molecule has 0 aromatic rings. The number of likely N-dealkylation sites (tertiary alicyclic amines) is 1. The largest absolute Gasteiger partial charge is 0.481 e. The Morgan fingerprint density at radius 1 is 1.43 bits per heavy atom. The molecule has 0 unspecified atom stereocenters. The summed E-state index contributed by atoms with van der Waals surface area (Å²) < 4.78 is 0. The molecule has 2 rings (SSSR count). The van der Waals surface area contributed by atoms with Gasteiger partial charge in [-0.15, -0.1) is 0 Å². The van der Waals surface area contributed by atoms with Gasteiger partial charge in [0.1, 0.15) is 0 Å². The van der Waals surface area contributed by atoms with E-state index in [1.54, 1.807) is 4.90 Å². The van der Waals surface area contributed by atoms with Crippen molar-refractivity contribution in [3.05, 3.63) is 0 Å². The minimum absolute atomic E-state index is 0.0310. The molecule has 2 aliphatic rings. The Bertz CT molecular complexity index is 277. The van der Waals surface area contributed by atoms with Gasteiger partial charge in [0.25, 0.3) is 0 Å². The number of carboxylic acids is 1. The second kappa shape index (κ2) is 3.26. The minimum Gasteiger partial charge on any atom is -0.481 e. The Kier molecular flexibility index (Phi) is 2.21. The number of nitrogens with zero attached hydrogens (tertiary/aromatic N) is 1. The van der Waals surface area contributed by atoms with Gasteiger partial charge in [-0.1, -0.05) is 0 Å². The standard InChI is InChI=1S/C10H15NO3/c1-6(12)11-8-3-2-7(4-8)9(11)5-10(13)14/h7-9H,2-5H2,1H3,(H,13,14)/t7-,8+,9+/m0/s1.